The summed E-state index contributed by atoms with van der Waals surface area (Å²) >= 11 is 0. The average Bonchev–Trinajstić information content (AvgIpc) is 2.64. The molecule has 5 heteroatoms. The molecule has 0 aromatic heterocycles. The smallest absolute Gasteiger partial charge is 0.237 e. The van der Waals surface area contributed by atoms with Crippen molar-refractivity contribution in [2.45, 2.75) is 45.7 Å². The summed E-state index contributed by atoms with van der Waals surface area (Å²) in [5, 5.41) is 5.97. The van der Waals surface area contributed by atoms with Crippen molar-refractivity contribution in [1.82, 2.24) is 15.5 Å². The molecule has 0 radical (unpaired) electrons. The lowest BCUT2D eigenvalue weighted by Gasteiger charge is -2.34. The number of piperidine rings is 1. The first kappa shape index (κ1) is 18.5. The molecule has 1 aliphatic heterocycles. The van der Waals surface area contributed by atoms with Crippen LogP contribution in [0.25, 0.3) is 0 Å². The standard InChI is InChI=1S/C19H29N3O2/c1-3-11-20-18(23)15(2)22-12-9-17(10-13-22)19(24)21-14-16-7-5-4-6-8-16/h4-8,15,17H,3,9-14H2,1-2H3,(H,20,23)(H,21,24). The first-order chi connectivity index (χ1) is 11.6. The first-order valence-electron chi connectivity index (χ1n) is 8.95. The second kappa shape index (κ2) is 9.42. The largest absolute Gasteiger partial charge is 0.355 e. The predicted octanol–water partition coefficient (Wildman–Crippen LogP) is 1.93. The molecule has 132 valence electrons. The monoisotopic (exact) mass is 331 g/mol. The van der Waals surface area contributed by atoms with Gasteiger partial charge in [-0.15, -0.1) is 0 Å². The maximum Gasteiger partial charge on any atom is 0.237 e. The van der Waals surface area contributed by atoms with Crippen molar-refractivity contribution in [3.63, 3.8) is 0 Å². The van der Waals surface area contributed by atoms with E-state index in [-0.39, 0.29) is 23.8 Å². The van der Waals surface area contributed by atoms with Crippen molar-refractivity contribution in [1.29, 1.82) is 0 Å². The van der Waals surface area contributed by atoms with Crippen LogP contribution in [0.2, 0.25) is 0 Å². The Bertz CT molecular complexity index is 525. The summed E-state index contributed by atoms with van der Waals surface area (Å²) in [6, 6.07) is 9.83. The molecule has 0 spiro atoms. The molecule has 2 rings (SSSR count). The number of carbonyl (C=O) groups excluding carboxylic acids is 2. The molecule has 1 unspecified atom stereocenters. The summed E-state index contributed by atoms with van der Waals surface area (Å²) in [6.07, 6.45) is 2.57. The minimum atomic E-state index is -0.120. The second-order valence-corrected chi connectivity index (χ2v) is 6.48. The van der Waals surface area contributed by atoms with Crippen LogP contribution in [0.5, 0.6) is 0 Å². The van der Waals surface area contributed by atoms with Crippen molar-refractivity contribution in [3.8, 4) is 0 Å². The Morgan fingerprint density at radius 1 is 1.17 bits per heavy atom. The number of amides is 2. The van der Waals surface area contributed by atoms with Crippen LogP contribution in [0.3, 0.4) is 0 Å². The first-order valence-corrected chi connectivity index (χ1v) is 8.95. The Hall–Kier alpha value is -1.88. The van der Waals surface area contributed by atoms with Gasteiger partial charge >= 0.3 is 0 Å². The highest BCUT2D eigenvalue weighted by Crippen LogP contribution is 2.19. The van der Waals surface area contributed by atoms with Crippen molar-refractivity contribution < 1.29 is 9.59 Å². The van der Waals surface area contributed by atoms with E-state index in [0.29, 0.717) is 6.54 Å². The number of hydrogen-bond acceptors (Lipinski definition) is 3. The molecule has 1 saturated heterocycles. The molecule has 1 aromatic rings. The number of likely N-dealkylation sites (tertiary alicyclic amines) is 1. The van der Waals surface area contributed by atoms with Gasteiger partial charge in [-0.3, -0.25) is 14.5 Å². The van der Waals surface area contributed by atoms with Gasteiger partial charge < -0.3 is 10.6 Å². The molecule has 0 aliphatic carbocycles. The van der Waals surface area contributed by atoms with Gasteiger partial charge in [0.15, 0.2) is 0 Å². The summed E-state index contributed by atoms with van der Waals surface area (Å²) in [6.45, 7) is 6.89. The molecule has 24 heavy (non-hydrogen) atoms. The molecule has 5 nitrogen and oxygen atoms in total. The van der Waals surface area contributed by atoms with Crippen LogP contribution in [0, 0.1) is 5.92 Å². The lowest BCUT2D eigenvalue weighted by Crippen LogP contribution is -2.49. The molecular weight excluding hydrogens is 302 g/mol. The van der Waals surface area contributed by atoms with E-state index in [0.717, 1.165) is 44.5 Å². The van der Waals surface area contributed by atoms with E-state index in [4.69, 9.17) is 0 Å². The normalized spacial score (nSPS) is 17.2. The van der Waals surface area contributed by atoms with Gasteiger partial charge in [0.25, 0.3) is 0 Å². The van der Waals surface area contributed by atoms with Crippen LogP contribution in [0.15, 0.2) is 30.3 Å². The van der Waals surface area contributed by atoms with Gasteiger partial charge in [-0.25, -0.2) is 0 Å². The summed E-state index contributed by atoms with van der Waals surface area (Å²) in [4.78, 5) is 26.5. The van der Waals surface area contributed by atoms with Crippen molar-refractivity contribution in [2.75, 3.05) is 19.6 Å². The number of nitrogens with zero attached hydrogens (tertiary/aromatic N) is 1. The van der Waals surface area contributed by atoms with E-state index >= 15 is 0 Å². The fourth-order valence-electron chi connectivity index (χ4n) is 3.04. The molecule has 1 fully saturated rings. The van der Waals surface area contributed by atoms with Gasteiger partial charge in [-0.2, -0.15) is 0 Å². The third-order valence-corrected chi connectivity index (χ3v) is 4.69. The lowest BCUT2D eigenvalue weighted by atomic mass is 9.94. The number of nitrogens with one attached hydrogen (secondary N) is 2. The van der Waals surface area contributed by atoms with E-state index in [2.05, 4.69) is 15.5 Å². The average molecular weight is 331 g/mol. The van der Waals surface area contributed by atoms with Crippen LogP contribution in [-0.2, 0) is 16.1 Å². The van der Waals surface area contributed by atoms with Gasteiger partial charge in [-0.05, 0) is 44.8 Å². The van der Waals surface area contributed by atoms with E-state index < -0.39 is 0 Å². The summed E-state index contributed by atoms with van der Waals surface area (Å²) < 4.78 is 0. The van der Waals surface area contributed by atoms with Crippen molar-refractivity contribution in [3.05, 3.63) is 35.9 Å². The second-order valence-electron chi connectivity index (χ2n) is 6.48. The Balaban J connectivity index is 1.73. The molecule has 1 aromatic carbocycles. The Labute approximate surface area is 144 Å². The van der Waals surface area contributed by atoms with Gasteiger partial charge in [0.1, 0.15) is 0 Å². The highest BCUT2D eigenvalue weighted by molar-refractivity contribution is 5.81. The Kier molecular flexibility index (Phi) is 7.25. The Morgan fingerprint density at radius 3 is 2.46 bits per heavy atom. The van der Waals surface area contributed by atoms with Gasteiger partial charge in [0.2, 0.25) is 11.8 Å². The minimum absolute atomic E-state index is 0.0517. The molecule has 1 aliphatic rings. The summed E-state index contributed by atoms with van der Waals surface area (Å²) in [5.41, 5.74) is 1.12. The SMILES string of the molecule is CCCNC(=O)C(C)N1CCC(C(=O)NCc2ccccc2)CC1. The van der Waals surface area contributed by atoms with Crippen LogP contribution in [-0.4, -0.2) is 42.4 Å². The fraction of sp³-hybridized carbons (Fsp3) is 0.579. The van der Waals surface area contributed by atoms with Crippen LogP contribution in [0.4, 0.5) is 0 Å². The number of benzene rings is 1. The zero-order valence-corrected chi connectivity index (χ0v) is 14.8. The molecule has 0 saturated carbocycles. The molecule has 2 amide bonds. The molecule has 1 atom stereocenters. The topological polar surface area (TPSA) is 61.4 Å². The minimum Gasteiger partial charge on any atom is -0.355 e. The van der Waals surface area contributed by atoms with E-state index in [1.54, 1.807) is 0 Å². The lowest BCUT2D eigenvalue weighted by molar-refractivity contribution is -0.128. The van der Waals surface area contributed by atoms with Gasteiger partial charge in [-0.1, -0.05) is 37.3 Å². The molecule has 2 N–H and O–H groups in total. The number of carbonyl (C=O) groups is 2. The van der Waals surface area contributed by atoms with Crippen molar-refractivity contribution in [2.24, 2.45) is 5.92 Å². The predicted molar refractivity (Wildman–Crippen MR) is 95.3 cm³/mol. The van der Waals surface area contributed by atoms with E-state index in [1.165, 1.54) is 0 Å². The van der Waals surface area contributed by atoms with Crippen LogP contribution in [0.1, 0.15) is 38.7 Å². The maximum absolute atomic E-state index is 12.3. The van der Waals surface area contributed by atoms with E-state index in [9.17, 15) is 9.59 Å². The third-order valence-electron chi connectivity index (χ3n) is 4.69. The zero-order valence-electron chi connectivity index (χ0n) is 14.8. The number of hydrogen-bond donors (Lipinski definition) is 2. The van der Waals surface area contributed by atoms with Gasteiger partial charge in [0.05, 0.1) is 6.04 Å². The van der Waals surface area contributed by atoms with Crippen LogP contribution < -0.4 is 10.6 Å². The highest BCUT2D eigenvalue weighted by atomic mass is 16.2. The zero-order chi connectivity index (χ0) is 17.4. The highest BCUT2D eigenvalue weighted by Gasteiger charge is 2.29. The third kappa shape index (κ3) is 5.34. The quantitative estimate of drug-likeness (QED) is 0.802. The van der Waals surface area contributed by atoms with E-state index in [1.807, 2.05) is 44.2 Å². The Morgan fingerprint density at radius 2 is 1.83 bits per heavy atom. The number of rotatable bonds is 7. The van der Waals surface area contributed by atoms with Gasteiger partial charge in [0, 0.05) is 19.0 Å². The maximum atomic E-state index is 12.3. The summed E-state index contributed by atoms with van der Waals surface area (Å²) in [7, 11) is 0. The molecule has 1 heterocycles. The van der Waals surface area contributed by atoms with Crippen LogP contribution >= 0.6 is 0 Å². The fourth-order valence-corrected chi connectivity index (χ4v) is 3.04. The molecule has 0 bridgehead atoms. The summed E-state index contributed by atoms with van der Waals surface area (Å²) in [5.74, 6) is 0.265. The van der Waals surface area contributed by atoms with Crippen molar-refractivity contribution >= 4 is 11.8 Å². The molecular formula is C19H29N3O2.